The van der Waals surface area contributed by atoms with Crippen molar-refractivity contribution in [2.75, 3.05) is 0 Å². The van der Waals surface area contributed by atoms with Gasteiger partial charge in [0.2, 0.25) is 0 Å². The second-order valence-corrected chi connectivity index (χ2v) is 3.07. The molecule has 0 N–H and O–H groups in total. The Labute approximate surface area is 79.2 Å². The van der Waals surface area contributed by atoms with E-state index in [-0.39, 0.29) is 0 Å². The minimum absolute atomic E-state index is 0.335. The highest BCUT2D eigenvalue weighted by Gasteiger charge is 2.10. The van der Waals surface area contributed by atoms with Crippen molar-refractivity contribution in [1.82, 2.24) is 14.6 Å². The molecule has 0 radical (unpaired) electrons. The minimum atomic E-state index is -0.536. The monoisotopic (exact) mass is 195 g/mol. The summed E-state index contributed by atoms with van der Waals surface area (Å²) in [5.74, 6) is 0. The second-order valence-electron chi connectivity index (χ2n) is 2.73. The summed E-state index contributed by atoms with van der Waals surface area (Å²) in [7, 11) is 0. The molecule has 0 aliphatic heterocycles. The Morgan fingerprint density at radius 3 is 3.00 bits per heavy atom. The quantitative estimate of drug-likeness (QED) is 0.647. The van der Waals surface area contributed by atoms with Crippen LogP contribution in [0.15, 0.2) is 18.6 Å². The Balaban J connectivity index is 2.76. The summed E-state index contributed by atoms with van der Waals surface area (Å²) in [6.45, 7) is 1.90. The molecular formula is C8H6ClN3O. The maximum Gasteiger partial charge on any atom is 0.257 e. The van der Waals surface area contributed by atoms with Crippen LogP contribution >= 0.6 is 11.6 Å². The van der Waals surface area contributed by atoms with Gasteiger partial charge in [0.05, 0.1) is 11.8 Å². The molecule has 0 aliphatic carbocycles. The number of hydrogen-bond donors (Lipinski definition) is 0. The van der Waals surface area contributed by atoms with Crippen molar-refractivity contribution in [2.24, 2.45) is 0 Å². The first-order chi connectivity index (χ1) is 6.18. The van der Waals surface area contributed by atoms with E-state index < -0.39 is 5.24 Å². The van der Waals surface area contributed by atoms with Crippen LogP contribution in [0.2, 0.25) is 0 Å². The van der Waals surface area contributed by atoms with Crippen molar-refractivity contribution >= 4 is 22.5 Å². The molecule has 0 bridgehead atoms. The van der Waals surface area contributed by atoms with Gasteiger partial charge in [-0.1, -0.05) is 0 Å². The number of aryl methyl sites for hydroxylation is 1. The lowest BCUT2D eigenvalue weighted by Crippen LogP contribution is -1.93. The zero-order valence-electron chi connectivity index (χ0n) is 6.86. The van der Waals surface area contributed by atoms with Crippen LogP contribution in [0.25, 0.3) is 5.65 Å². The molecule has 2 aromatic heterocycles. The summed E-state index contributed by atoms with van der Waals surface area (Å²) >= 11 is 5.33. The maximum atomic E-state index is 10.9. The molecule has 2 aromatic rings. The molecule has 0 amide bonds. The van der Waals surface area contributed by atoms with Gasteiger partial charge in [0.1, 0.15) is 0 Å². The van der Waals surface area contributed by atoms with Crippen LogP contribution in [0.1, 0.15) is 15.9 Å². The van der Waals surface area contributed by atoms with E-state index >= 15 is 0 Å². The van der Waals surface area contributed by atoms with Crippen LogP contribution in [0, 0.1) is 6.92 Å². The van der Waals surface area contributed by atoms with E-state index in [1.807, 2.05) is 6.92 Å². The summed E-state index contributed by atoms with van der Waals surface area (Å²) in [4.78, 5) is 14.9. The average Bonchev–Trinajstić information content (AvgIpc) is 2.46. The van der Waals surface area contributed by atoms with Crippen LogP contribution in [0.3, 0.4) is 0 Å². The predicted octanol–water partition coefficient (Wildman–Crippen LogP) is 1.42. The third kappa shape index (κ3) is 1.29. The minimum Gasteiger partial charge on any atom is -0.275 e. The largest absolute Gasteiger partial charge is 0.275 e. The zero-order chi connectivity index (χ0) is 9.42. The topological polar surface area (TPSA) is 47.3 Å². The molecule has 13 heavy (non-hydrogen) atoms. The number of carbonyl (C=O) groups is 1. The van der Waals surface area contributed by atoms with Crippen LogP contribution in [-0.4, -0.2) is 19.8 Å². The fraction of sp³-hybridized carbons (Fsp3) is 0.125. The van der Waals surface area contributed by atoms with Gasteiger partial charge in [-0.05, 0) is 24.1 Å². The van der Waals surface area contributed by atoms with E-state index in [1.165, 1.54) is 10.7 Å². The van der Waals surface area contributed by atoms with Gasteiger partial charge in [-0.15, -0.1) is 0 Å². The zero-order valence-corrected chi connectivity index (χ0v) is 7.62. The molecule has 0 fully saturated rings. The maximum absolute atomic E-state index is 10.9. The van der Waals surface area contributed by atoms with Gasteiger partial charge >= 0.3 is 0 Å². The van der Waals surface area contributed by atoms with Gasteiger partial charge in [0, 0.05) is 12.4 Å². The molecule has 0 saturated heterocycles. The van der Waals surface area contributed by atoms with Crippen LogP contribution in [0.4, 0.5) is 0 Å². The van der Waals surface area contributed by atoms with E-state index in [1.54, 1.807) is 12.4 Å². The molecule has 0 unspecified atom stereocenters. The summed E-state index contributed by atoms with van der Waals surface area (Å²) in [6.07, 6.45) is 4.86. The molecule has 0 atom stereocenters. The van der Waals surface area contributed by atoms with Gasteiger partial charge in [0.15, 0.2) is 5.65 Å². The van der Waals surface area contributed by atoms with Gasteiger partial charge in [-0.2, -0.15) is 5.10 Å². The second kappa shape index (κ2) is 2.81. The SMILES string of the molecule is Cc1cnc2c(C(=O)Cl)cnn2c1. The molecule has 5 heteroatoms. The number of aromatic nitrogens is 3. The number of nitrogens with zero attached hydrogens (tertiary/aromatic N) is 3. The van der Waals surface area contributed by atoms with Gasteiger partial charge in [-0.25, -0.2) is 9.50 Å². The lowest BCUT2D eigenvalue weighted by Gasteiger charge is -1.94. The first-order valence-electron chi connectivity index (χ1n) is 3.68. The van der Waals surface area contributed by atoms with Gasteiger partial charge < -0.3 is 0 Å². The van der Waals surface area contributed by atoms with Crippen molar-refractivity contribution in [2.45, 2.75) is 6.92 Å². The Morgan fingerprint density at radius 1 is 1.54 bits per heavy atom. The van der Waals surface area contributed by atoms with E-state index in [4.69, 9.17) is 11.6 Å². The van der Waals surface area contributed by atoms with Crippen molar-refractivity contribution in [1.29, 1.82) is 0 Å². The normalized spacial score (nSPS) is 10.6. The van der Waals surface area contributed by atoms with E-state index in [9.17, 15) is 4.79 Å². The Morgan fingerprint density at radius 2 is 2.31 bits per heavy atom. The molecule has 0 aliphatic rings. The fourth-order valence-electron chi connectivity index (χ4n) is 1.11. The Hall–Kier alpha value is -1.42. The first kappa shape index (κ1) is 8.19. The lowest BCUT2D eigenvalue weighted by molar-refractivity contribution is 0.108. The van der Waals surface area contributed by atoms with E-state index in [0.717, 1.165) is 5.56 Å². The lowest BCUT2D eigenvalue weighted by atomic mass is 10.3. The summed E-state index contributed by atoms with van der Waals surface area (Å²) in [6, 6.07) is 0. The molecule has 0 saturated carbocycles. The highest BCUT2D eigenvalue weighted by molar-refractivity contribution is 6.68. The summed E-state index contributed by atoms with van der Waals surface area (Å²) in [5.41, 5.74) is 1.80. The third-order valence-electron chi connectivity index (χ3n) is 1.70. The number of carbonyl (C=O) groups excluding carboxylic acids is 1. The van der Waals surface area contributed by atoms with Crippen molar-refractivity contribution in [3.63, 3.8) is 0 Å². The number of fused-ring (bicyclic) bond motifs is 1. The fourth-order valence-corrected chi connectivity index (χ4v) is 1.24. The van der Waals surface area contributed by atoms with Crippen molar-refractivity contribution in [3.8, 4) is 0 Å². The van der Waals surface area contributed by atoms with Crippen LogP contribution < -0.4 is 0 Å². The smallest absolute Gasteiger partial charge is 0.257 e. The van der Waals surface area contributed by atoms with Crippen molar-refractivity contribution < 1.29 is 4.79 Å². The van der Waals surface area contributed by atoms with Crippen LogP contribution in [-0.2, 0) is 0 Å². The summed E-state index contributed by atoms with van der Waals surface area (Å²) in [5, 5.41) is 3.41. The molecule has 2 heterocycles. The number of rotatable bonds is 1. The standard InChI is InChI=1S/C8H6ClN3O/c1-5-2-10-8-6(7(9)13)3-11-12(8)4-5/h2-4H,1H3. The summed E-state index contributed by atoms with van der Waals surface area (Å²) < 4.78 is 1.53. The number of halogens is 1. The van der Waals surface area contributed by atoms with E-state index in [2.05, 4.69) is 10.1 Å². The van der Waals surface area contributed by atoms with Crippen molar-refractivity contribution in [3.05, 3.63) is 29.7 Å². The van der Waals surface area contributed by atoms with E-state index in [0.29, 0.717) is 11.2 Å². The Bertz CT molecular complexity index is 477. The van der Waals surface area contributed by atoms with Gasteiger partial charge in [0.25, 0.3) is 5.24 Å². The average molecular weight is 196 g/mol. The molecule has 66 valence electrons. The van der Waals surface area contributed by atoms with Gasteiger partial charge in [-0.3, -0.25) is 4.79 Å². The van der Waals surface area contributed by atoms with Crippen LogP contribution in [0.5, 0.6) is 0 Å². The molecule has 2 rings (SSSR count). The molecule has 0 spiro atoms. The molecule has 4 nitrogen and oxygen atoms in total. The predicted molar refractivity (Wildman–Crippen MR) is 47.9 cm³/mol. The highest BCUT2D eigenvalue weighted by atomic mass is 35.5. The Kier molecular flexibility index (Phi) is 1.77. The number of hydrogen-bond acceptors (Lipinski definition) is 3. The first-order valence-corrected chi connectivity index (χ1v) is 4.06. The molecule has 0 aromatic carbocycles. The molecular weight excluding hydrogens is 190 g/mol. The third-order valence-corrected chi connectivity index (χ3v) is 1.90. The highest BCUT2D eigenvalue weighted by Crippen LogP contribution is 2.10.